The van der Waals surface area contributed by atoms with Crippen molar-refractivity contribution >= 4 is 32.6 Å². The molecule has 2 heteroatoms. The van der Waals surface area contributed by atoms with Crippen LogP contribution < -0.4 is 0 Å². The number of fused-ring (bicyclic) bond motifs is 3. The Morgan fingerprint density at radius 2 is 0.953 bits per heavy atom. The highest BCUT2D eigenvalue weighted by atomic mass is 16.3. The minimum Gasteiger partial charge on any atom is -0.441 e. The summed E-state index contributed by atoms with van der Waals surface area (Å²) in [6, 6.07) is 52.2. The van der Waals surface area contributed by atoms with Gasteiger partial charge in [-0.25, -0.2) is 4.98 Å². The Morgan fingerprint density at radius 3 is 1.51 bits per heavy atom. The average molecular weight is 552 g/mol. The molecule has 0 saturated carbocycles. The van der Waals surface area contributed by atoms with Crippen molar-refractivity contribution < 1.29 is 4.42 Å². The van der Waals surface area contributed by atoms with Gasteiger partial charge in [-0.05, 0) is 72.6 Å². The van der Waals surface area contributed by atoms with Crippen LogP contribution in [-0.4, -0.2) is 4.98 Å². The second-order valence-corrected chi connectivity index (χ2v) is 11.0. The van der Waals surface area contributed by atoms with Crippen LogP contribution in [0, 0.1) is 0 Å². The molecule has 0 amide bonds. The standard InChI is InChI=1S/C41H29NO/c1-2-40-42-41-38(32-23-21-31(22-24-32)37-16-8-12-29-10-4-6-14-35(29)37)25-33(26-39(41)43-40)27-17-19-30(20-18-27)36-15-7-11-28-9-3-5-13-34(28)36/h3-26H,2H2,1H3. The van der Waals surface area contributed by atoms with Crippen molar-refractivity contribution in [1.82, 2.24) is 4.98 Å². The summed E-state index contributed by atoms with van der Waals surface area (Å²) in [6.45, 7) is 2.08. The highest BCUT2D eigenvalue weighted by Crippen LogP contribution is 2.37. The molecule has 0 spiro atoms. The SMILES string of the molecule is CCc1nc2c(-c3ccc(-c4cccc5ccccc45)cc3)cc(-c3ccc(-c4cccc5ccccc45)cc3)cc2o1. The second kappa shape index (κ2) is 10.4. The molecule has 0 aliphatic heterocycles. The third-order valence-electron chi connectivity index (χ3n) is 8.46. The highest BCUT2D eigenvalue weighted by Gasteiger charge is 2.15. The number of rotatable bonds is 5. The average Bonchev–Trinajstić information content (AvgIpc) is 3.51. The van der Waals surface area contributed by atoms with Crippen LogP contribution in [0.15, 0.2) is 150 Å². The number of hydrogen-bond acceptors (Lipinski definition) is 2. The van der Waals surface area contributed by atoms with Gasteiger partial charge in [0.15, 0.2) is 11.5 Å². The summed E-state index contributed by atoms with van der Waals surface area (Å²) < 4.78 is 6.21. The van der Waals surface area contributed by atoms with E-state index in [-0.39, 0.29) is 0 Å². The summed E-state index contributed by atoms with van der Waals surface area (Å²) in [5, 5.41) is 5.03. The first-order valence-electron chi connectivity index (χ1n) is 14.9. The van der Waals surface area contributed by atoms with E-state index in [1.807, 2.05) is 0 Å². The quantitative estimate of drug-likeness (QED) is 0.213. The molecule has 1 heterocycles. The Labute approximate surface area is 250 Å². The summed E-state index contributed by atoms with van der Waals surface area (Å²) >= 11 is 0. The zero-order valence-corrected chi connectivity index (χ0v) is 23.9. The summed E-state index contributed by atoms with van der Waals surface area (Å²) in [6.07, 6.45) is 0.753. The fraction of sp³-hybridized carbons (Fsp3) is 0.0488. The predicted octanol–water partition coefficient (Wildman–Crippen LogP) is 11.4. The molecule has 7 aromatic carbocycles. The van der Waals surface area contributed by atoms with Crippen LogP contribution in [0.25, 0.3) is 77.2 Å². The summed E-state index contributed by atoms with van der Waals surface area (Å²) in [5.41, 5.74) is 11.1. The highest BCUT2D eigenvalue weighted by molar-refractivity contribution is 5.99. The maximum atomic E-state index is 6.21. The van der Waals surface area contributed by atoms with Gasteiger partial charge in [-0.2, -0.15) is 0 Å². The van der Waals surface area contributed by atoms with E-state index in [1.54, 1.807) is 0 Å². The van der Waals surface area contributed by atoms with Gasteiger partial charge in [0, 0.05) is 12.0 Å². The van der Waals surface area contributed by atoms with Crippen LogP contribution >= 0.6 is 0 Å². The number of aromatic nitrogens is 1. The topological polar surface area (TPSA) is 26.0 Å². The Morgan fingerprint density at radius 1 is 0.465 bits per heavy atom. The first-order chi connectivity index (χ1) is 21.2. The Balaban J connectivity index is 1.20. The largest absolute Gasteiger partial charge is 0.441 e. The van der Waals surface area contributed by atoms with Crippen molar-refractivity contribution in [2.24, 2.45) is 0 Å². The summed E-state index contributed by atoms with van der Waals surface area (Å²) in [7, 11) is 0. The monoisotopic (exact) mass is 551 g/mol. The van der Waals surface area contributed by atoms with Gasteiger partial charge in [-0.3, -0.25) is 0 Å². The minimum atomic E-state index is 0.753. The Hall–Kier alpha value is -5.47. The number of benzene rings is 7. The van der Waals surface area contributed by atoms with Crippen molar-refractivity contribution in [2.75, 3.05) is 0 Å². The lowest BCUT2D eigenvalue weighted by atomic mass is 9.93. The zero-order valence-electron chi connectivity index (χ0n) is 23.9. The molecular weight excluding hydrogens is 522 g/mol. The van der Waals surface area contributed by atoms with E-state index in [0.717, 1.165) is 45.7 Å². The Bertz CT molecular complexity index is 2250. The second-order valence-electron chi connectivity index (χ2n) is 11.0. The van der Waals surface area contributed by atoms with E-state index >= 15 is 0 Å². The van der Waals surface area contributed by atoms with Crippen LogP contribution in [0.2, 0.25) is 0 Å². The Kier molecular flexibility index (Phi) is 6.12. The molecule has 0 saturated heterocycles. The van der Waals surface area contributed by atoms with Gasteiger partial charge in [0.1, 0.15) is 5.52 Å². The minimum absolute atomic E-state index is 0.753. The molecule has 0 unspecified atom stereocenters. The van der Waals surface area contributed by atoms with E-state index in [0.29, 0.717) is 0 Å². The fourth-order valence-electron chi connectivity index (χ4n) is 6.24. The van der Waals surface area contributed by atoms with Crippen molar-refractivity contribution in [3.8, 4) is 44.5 Å². The van der Waals surface area contributed by atoms with Crippen LogP contribution in [0.5, 0.6) is 0 Å². The van der Waals surface area contributed by atoms with E-state index in [9.17, 15) is 0 Å². The maximum absolute atomic E-state index is 6.21. The summed E-state index contributed by atoms with van der Waals surface area (Å²) in [4.78, 5) is 4.88. The summed E-state index contributed by atoms with van der Waals surface area (Å²) in [5.74, 6) is 0.757. The van der Waals surface area contributed by atoms with Gasteiger partial charge in [-0.15, -0.1) is 0 Å². The predicted molar refractivity (Wildman–Crippen MR) is 180 cm³/mol. The van der Waals surface area contributed by atoms with Gasteiger partial charge in [0.05, 0.1) is 0 Å². The third kappa shape index (κ3) is 4.49. The lowest BCUT2D eigenvalue weighted by Crippen LogP contribution is -1.87. The van der Waals surface area contributed by atoms with Gasteiger partial charge < -0.3 is 4.42 Å². The normalized spacial score (nSPS) is 11.5. The van der Waals surface area contributed by atoms with Crippen molar-refractivity contribution in [3.05, 3.63) is 151 Å². The molecule has 0 bridgehead atoms. The van der Waals surface area contributed by atoms with E-state index in [4.69, 9.17) is 9.40 Å². The molecule has 0 aliphatic carbocycles. The first kappa shape index (κ1) is 25.3. The molecule has 2 nitrogen and oxygen atoms in total. The molecule has 0 atom stereocenters. The van der Waals surface area contributed by atoms with Gasteiger partial charge in [0.25, 0.3) is 0 Å². The molecule has 1 aromatic heterocycles. The molecule has 8 rings (SSSR count). The van der Waals surface area contributed by atoms with E-state index in [2.05, 4.69) is 153 Å². The van der Waals surface area contributed by atoms with Gasteiger partial charge in [0.2, 0.25) is 0 Å². The van der Waals surface area contributed by atoms with Gasteiger partial charge in [-0.1, -0.05) is 140 Å². The molecule has 0 fully saturated rings. The van der Waals surface area contributed by atoms with Crippen molar-refractivity contribution in [1.29, 1.82) is 0 Å². The number of aryl methyl sites for hydroxylation is 1. The molecule has 0 aliphatic rings. The fourth-order valence-corrected chi connectivity index (χ4v) is 6.24. The smallest absolute Gasteiger partial charge is 0.195 e. The first-order valence-corrected chi connectivity index (χ1v) is 14.9. The van der Waals surface area contributed by atoms with E-state index < -0.39 is 0 Å². The van der Waals surface area contributed by atoms with Crippen molar-refractivity contribution in [2.45, 2.75) is 13.3 Å². The lowest BCUT2D eigenvalue weighted by molar-refractivity contribution is 0.538. The molecule has 0 radical (unpaired) electrons. The molecule has 43 heavy (non-hydrogen) atoms. The zero-order chi connectivity index (χ0) is 28.8. The molecule has 8 aromatic rings. The van der Waals surface area contributed by atoms with Crippen LogP contribution in [0.4, 0.5) is 0 Å². The van der Waals surface area contributed by atoms with E-state index in [1.165, 1.54) is 43.8 Å². The maximum Gasteiger partial charge on any atom is 0.195 e. The third-order valence-corrected chi connectivity index (χ3v) is 8.46. The number of hydrogen-bond donors (Lipinski definition) is 0. The number of oxazole rings is 1. The lowest BCUT2D eigenvalue weighted by Gasteiger charge is -2.11. The molecule has 0 N–H and O–H groups in total. The number of nitrogens with zero attached hydrogens (tertiary/aromatic N) is 1. The van der Waals surface area contributed by atoms with Crippen molar-refractivity contribution in [3.63, 3.8) is 0 Å². The van der Waals surface area contributed by atoms with Crippen LogP contribution in [0.3, 0.4) is 0 Å². The molecule has 204 valence electrons. The van der Waals surface area contributed by atoms with Gasteiger partial charge >= 0.3 is 0 Å². The van der Waals surface area contributed by atoms with Crippen LogP contribution in [-0.2, 0) is 6.42 Å². The van der Waals surface area contributed by atoms with Crippen LogP contribution in [0.1, 0.15) is 12.8 Å². The molecular formula is C41H29NO.